The molecule has 1 fully saturated rings. The molecule has 0 atom stereocenters. The lowest BCUT2D eigenvalue weighted by Crippen LogP contribution is -2.44. The van der Waals surface area contributed by atoms with Gasteiger partial charge in [-0.15, -0.1) is 0 Å². The van der Waals surface area contributed by atoms with Gasteiger partial charge in [0.2, 0.25) is 5.91 Å². The highest BCUT2D eigenvalue weighted by molar-refractivity contribution is 8.18. The molecule has 9 heteroatoms. The third kappa shape index (κ3) is 5.73. The molecule has 4 aromatic rings. The molecule has 6 rings (SSSR count). The summed E-state index contributed by atoms with van der Waals surface area (Å²) in [5, 5.41) is 2.09. The van der Waals surface area contributed by atoms with Gasteiger partial charge >= 0.3 is 0 Å². The predicted octanol–water partition coefficient (Wildman–Crippen LogP) is 6.70. The van der Waals surface area contributed by atoms with Gasteiger partial charge in [-0.2, -0.15) is 0 Å². The first-order valence-corrected chi connectivity index (χ1v) is 14.7. The van der Waals surface area contributed by atoms with Crippen molar-refractivity contribution < 1.29 is 23.9 Å². The van der Waals surface area contributed by atoms with Crippen LogP contribution in [0.1, 0.15) is 22.3 Å². The second-order valence-electron chi connectivity index (χ2n) is 10.1. The van der Waals surface area contributed by atoms with E-state index in [1.165, 1.54) is 12.7 Å². The van der Waals surface area contributed by atoms with Crippen LogP contribution in [0.15, 0.2) is 83.8 Å². The number of amides is 3. The lowest BCUT2D eigenvalue weighted by molar-refractivity contribution is -0.136. The van der Waals surface area contributed by atoms with Crippen LogP contribution in [-0.4, -0.2) is 47.1 Å². The van der Waals surface area contributed by atoms with E-state index in [2.05, 4.69) is 18.2 Å². The lowest BCUT2D eigenvalue weighted by atomic mass is 10.00. The maximum Gasteiger partial charge on any atom is 0.294 e. The number of rotatable bonds is 7. The summed E-state index contributed by atoms with van der Waals surface area (Å²) in [6.45, 7) is 1.01. The third-order valence-electron chi connectivity index (χ3n) is 7.40. The SMILES string of the molecule is COc1cc(/C=C2\SC(=O)N(CC(=O)N3CCc4ccccc4C3)C2=O)cc(Cl)c1OCc1ccc2ccccc2c1. The minimum atomic E-state index is -0.512. The number of methoxy groups -OCH3 is 1. The van der Waals surface area contributed by atoms with Crippen molar-refractivity contribution in [3.8, 4) is 11.5 Å². The summed E-state index contributed by atoms with van der Waals surface area (Å²) in [5.41, 5.74) is 3.85. The van der Waals surface area contributed by atoms with Gasteiger partial charge in [0.1, 0.15) is 13.2 Å². The van der Waals surface area contributed by atoms with Gasteiger partial charge < -0.3 is 14.4 Å². The fourth-order valence-corrected chi connectivity index (χ4v) is 6.29. The van der Waals surface area contributed by atoms with Crippen LogP contribution >= 0.6 is 23.4 Å². The Hall–Kier alpha value is -4.27. The van der Waals surface area contributed by atoms with Gasteiger partial charge in [-0.05, 0) is 75.5 Å². The Kier molecular flexibility index (Phi) is 7.91. The molecule has 2 aliphatic rings. The number of carbonyl (C=O) groups is 3. The van der Waals surface area contributed by atoms with Crippen LogP contribution < -0.4 is 9.47 Å². The van der Waals surface area contributed by atoms with Crippen molar-refractivity contribution >= 4 is 57.3 Å². The third-order valence-corrected chi connectivity index (χ3v) is 8.59. The average Bonchev–Trinajstić information content (AvgIpc) is 3.26. The largest absolute Gasteiger partial charge is 0.493 e. The van der Waals surface area contributed by atoms with Gasteiger partial charge in [0.05, 0.1) is 17.0 Å². The first kappa shape index (κ1) is 27.9. The molecule has 7 nitrogen and oxygen atoms in total. The molecule has 3 amide bonds. The van der Waals surface area contributed by atoms with E-state index in [1.807, 2.05) is 48.5 Å². The Labute approximate surface area is 252 Å². The monoisotopic (exact) mass is 598 g/mol. The summed E-state index contributed by atoms with van der Waals surface area (Å²) >= 11 is 7.39. The Morgan fingerprint density at radius 1 is 0.976 bits per heavy atom. The molecule has 0 bridgehead atoms. The number of halogens is 1. The van der Waals surface area contributed by atoms with E-state index >= 15 is 0 Å². The number of imide groups is 1. The molecule has 0 N–H and O–H groups in total. The van der Waals surface area contributed by atoms with Gasteiger partial charge in [0.15, 0.2) is 11.5 Å². The van der Waals surface area contributed by atoms with Crippen LogP contribution in [-0.2, 0) is 29.2 Å². The molecule has 42 heavy (non-hydrogen) atoms. The number of fused-ring (bicyclic) bond motifs is 2. The van der Waals surface area contributed by atoms with Crippen molar-refractivity contribution in [2.75, 3.05) is 20.2 Å². The van der Waals surface area contributed by atoms with Crippen LogP contribution in [0.4, 0.5) is 4.79 Å². The number of benzene rings is 4. The molecule has 2 aliphatic heterocycles. The van der Waals surface area contributed by atoms with Gasteiger partial charge in [0.25, 0.3) is 11.1 Å². The van der Waals surface area contributed by atoms with Gasteiger partial charge in [-0.3, -0.25) is 19.3 Å². The molecule has 0 unspecified atom stereocenters. The maximum absolute atomic E-state index is 13.2. The lowest BCUT2D eigenvalue weighted by Gasteiger charge is -2.29. The Morgan fingerprint density at radius 3 is 2.55 bits per heavy atom. The van der Waals surface area contributed by atoms with E-state index in [-0.39, 0.29) is 24.0 Å². The number of thioether (sulfide) groups is 1. The number of hydrogen-bond acceptors (Lipinski definition) is 6. The Bertz CT molecular complexity index is 1750. The molecule has 0 radical (unpaired) electrons. The van der Waals surface area contributed by atoms with Crippen LogP contribution in [0, 0.1) is 0 Å². The summed E-state index contributed by atoms with van der Waals surface area (Å²) in [4.78, 5) is 41.8. The second-order valence-corrected chi connectivity index (χ2v) is 11.5. The van der Waals surface area contributed by atoms with Crippen molar-refractivity contribution in [3.63, 3.8) is 0 Å². The zero-order chi connectivity index (χ0) is 29.2. The zero-order valence-electron chi connectivity index (χ0n) is 22.8. The molecular formula is C33H27ClN2O5S. The molecule has 4 aromatic carbocycles. The molecular weight excluding hydrogens is 572 g/mol. The standard InChI is InChI=1S/C33H27ClN2O5S/c1-40-28-16-22(15-27(34)31(28)41-20-21-10-11-23-6-2-4-8-25(23)14-21)17-29-32(38)36(33(39)42-29)19-30(37)35-13-12-24-7-3-5-9-26(24)18-35/h2-11,14-17H,12-13,18-20H2,1H3/b29-17-. The first-order valence-electron chi connectivity index (χ1n) is 13.5. The van der Waals surface area contributed by atoms with Crippen LogP contribution in [0.25, 0.3) is 16.8 Å². The second kappa shape index (κ2) is 11.9. The highest BCUT2D eigenvalue weighted by Crippen LogP contribution is 2.39. The van der Waals surface area contributed by atoms with Crippen LogP contribution in [0.3, 0.4) is 0 Å². The number of nitrogens with zero attached hydrogens (tertiary/aromatic N) is 2. The van der Waals surface area contributed by atoms with E-state index < -0.39 is 11.1 Å². The van der Waals surface area contributed by atoms with E-state index in [9.17, 15) is 14.4 Å². The summed E-state index contributed by atoms with van der Waals surface area (Å²) in [6, 6.07) is 25.5. The van der Waals surface area contributed by atoms with E-state index in [1.54, 1.807) is 23.1 Å². The van der Waals surface area contributed by atoms with Crippen molar-refractivity contribution in [2.45, 2.75) is 19.6 Å². The normalized spacial score (nSPS) is 15.8. The van der Waals surface area contributed by atoms with Crippen LogP contribution in [0.2, 0.25) is 5.02 Å². The molecule has 2 heterocycles. The maximum atomic E-state index is 13.2. The molecule has 212 valence electrons. The summed E-state index contributed by atoms with van der Waals surface area (Å²) in [5.74, 6) is 0.00812. The van der Waals surface area contributed by atoms with Gasteiger partial charge in [-0.25, -0.2) is 0 Å². The highest BCUT2D eigenvalue weighted by Gasteiger charge is 2.37. The first-order chi connectivity index (χ1) is 20.4. The quantitative estimate of drug-likeness (QED) is 0.220. The Morgan fingerprint density at radius 2 is 1.74 bits per heavy atom. The van der Waals surface area contributed by atoms with Gasteiger partial charge in [0, 0.05) is 13.1 Å². The average molecular weight is 599 g/mol. The molecule has 0 saturated carbocycles. The zero-order valence-corrected chi connectivity index (χ0v) is 24.4. The fourth-order valence-electron chi connectivity index (χ4n) is 5.18. The number of hydrogen-bond donors (Lipinski definition) is 0. The van der Waals surface area contributed by atoms with E-state index in [0.717, 1.165) is 45.0 Å². The summed E-state index contributed by atoms with van der Waals surface area (Å²) < 4.78 is 11.6. The molecule has 0 aromatic heterocycles. The Balaban J connectivity index is 1.14. The smallest absolute Gasteiger partial charge is 0.294 e. The minimum absolute atomic E-state index is 0.208. The molecule has 1 saturated heterocycles. The highest BCUT2D eigenvalue weighted by atomic mass is 35.5. The molecule has 0 spiro atoms. The topological polar surface area (TPSA) is 76.2 Å². The fraction of sp³-hybridized carbons (Fsp3) is 0.182. The minimum Gasteiger partial charge on any atom is -0.493 e. The summed E-state index contributed by atoms with van der Waals surface area (Å²) in [7, 11) is 1.51. The van der Waals surface area contributed by atoms with Crippen molar-refractivity contribution in [3.05, 3.63) is 111 Å². The predicted molar refractivity (Wildman–Crippen MR) is 165 cm³/mol. The number of carbonyl (C=O) groups excluding carboxylic acids is 3. The van der Waals surface area contributed by atoms with Gasteiger partial charge in [-0.1, -0.05) is 72.3 Å². The summed E-state index contributed by atoms with van der Waals surface area (Å²) in [6.07, 6.45) is 2.32. The van der Waals surface area contributed by atoms with Crippen molar-refractivity contribution in [2.24, 2.45) is 0 Å². The van der Waals surface area contributed by atoms with Crippen LogP contribution in [0.5, 0.6) is 11.5 Å². The van der Waals surface area contributed by atoms with E-state index in [0.29, 0.717) is 35.2 Å². The van der Waals surface area contributed by atoms with Crippen molar-refractivity contribution in [1.29, 1.82) is 0 Å². The number of ether oxygens (including phenoxy) is 2. The van der Waals surface area contributed by atoms with E-state index in [4.69, 9.17) is 21.1 Å². The molecule has 0 aliphatic carbocycles. The van der Waals surface area contributed by atoms with Crippen molar-refractivity contribution in [1.82, 2.24) is 9.80 Å².